The Kier molecular flexibility index (Phi) is 10.2. The van der Waals surface area contributed by atoms with Crippen LogP contribution < -0.4 is 5.73 Å². The molecule has 0 bridgehead atoms. The molecule has 182 valence electrons. The molecule has 0 radical (unpaired) electrons. The average Bonchev–Trinajstić information content (AvgIpc) is 2.76. The molecular weight excluding hydrogens is 422 g/mol. The summed E-state index contributed by atoms with van der Waals surface area (Å²) in [5.41, 5.74) is 5.78. The Labute approximate surface area is 178 Å². The van der Waals surface area contributed by atoms with Crippen LogP contribution in [0, 0.1) is 0 Å². The van der Waals surface area contributed by atoms with E-state index in [0.717, 1.165) is 0 Å². The van der Waals surface area contributed by atoms with Gasteiger partial charge >= 0.3 is 0 Å². The summed E-state index contributed by atoms with van der Waals surface area (Å²) >= 11 is 0. The second-order valence-corrected chi connectivity index (χ2v) is 7.52. The number of aliphatic hydroxyl groups excluding tert-OH is 8. The largest absolute Gasteiger partial charge is 0.394 e. The lowest BCUT2D eigenvalue weighted by molar-refractivity contribution is -0.359. The van der Waals surface area contributed by atoms with Crippen molar-refractivity contribution in [1.29, 1.82) is 0 Å². The highest BCUT2D eigenvalue weighted by Crippen LogP contribution is 2.29. The topological polar surface area (TPSA) is 225 Å². The minimum Gasteiger partial charge on any atom is -0.394 e. The Bertz CT molecular complexity index is 564. The molecule has 10 N–H and O–H groups in total. The third-order valence-electron chi connectivity index (χ3n) is 5.24. The summed E-state index contributed by atoms with van der Waals surface area (Å²) in [5, 5.41) is 79.3. The number of allylic oxidation sites excluding steroid dienone is 1. The highest BCUT2D eigenvalue weighted by Gasteiger charge is 2.50. The van der Waals surface area contributed by atoms with Gasteiger partial charge in [0, 0.05) is 0 Å². The lowest BCUT2D eigenvalue weighted by Gasteiger charge is -2.46. The molecule has 0 spiro atoms. The van der Waals surface area contributed by atoms with E-state index in [1.54, 1.807) is 13.0 Å². The van der Waals surface area contributed by atoms with E-state index in [1.807, 2.05) is 0 Å². The molecule has 0 aromatic carbocycles. The molecule has 13 nitrogen and oxygen atoms in total. The lowest BCUT2D eigenvalue weighted by Crippen LogP contribution is -2.64. The van der Waals surface area contributed by atoms with Gasteiger partial charge in [0.15, 0.2) is 12.6 Å². The maximum atomic E-state index is 10.5. The summed E-state index contributed by atoms with van der Waals surface area (Å²) in [6.07, 6.45) is -13.3. The zero-order valence-corrected chi connectivity index (χ0v) is 17.0. The van der Waals surface area contributed by atoms with Crippen LogP contribution in [0.5, 0.6) is 0 Å². The molecule has 0 saturated carbocycles. The zero-order valence-electron chi connectivity index (χ0n) is 17.0. The molecule has 2 saturated heterocycles. The van der Waals surface area contributed by atoms with Gasteiger partial charge in [-0.15, -0.1) is 0 Å². The SMILES string of the molecule is C/C=C/[C@@H](O)[C@@H](N)CO[C@@H]1OC(CO)[C@@H](O[C@@H]2OC(CO)[C@H](O)[C@H](O)C2O)[C@H](O)C1O. The van der Waals surface area contributed by atoms with Crippen LogP contribution in [0.1, 0.15) is 6.92 Å². The van der Waals surface area contributed by atoms with Crippen molar-refractivity contribution < 1.29 is 59.8 Å². The molecule has 0 aromatic heterocycles. The third-order valence-corrected chi connectivity index (χ3v) is 5.24. The van der Waals surface area contributed by atoms with Crippen molar-refractivity contribution >= 4 is 0 Å². The first-order chi connectivity index (χ1) is 14.7. The third kappa shape index (κ3) is 6.17. The van der Waals surface area contributed by atoms with Crippen LogP contribution in [0.4, 0.5) is 0 Å². The number of hydrogen-bond donors (Lipinski definition) is 9. The van der Waals surface area contributed by atoms with Gasteiger partial charge in [0.05, 0.1) is 32.0 Å². The number of nitrogens with two attached hydrogens (primary N) is 1. The normalized spacial score (nSPS) is 43.8. The van der Waals surface area contributed by atoms with Gasteiger partial charge in [-0.3, -0.25) is 0 Å². The van der Waals surface area contributed by atoms with E-state index in [4.69, 9.17) is 24.7 Å². The predicted octanol–water partition coefficient (Wildman–Crippen LogP) is -5.11. The van der Waals surface area contributed by atoms with E-state index in [1.165, 1.54) is 6.08 Å². The molecule has 12 atom stereocenters. The van der Waals surface area contributed by atoms with Crippen molar-refractivity contribution in [3.8, 4) is 0 Å². The summed E-state index contributed by atoms with van der Waals surface area (Å²) < 4.78 is 21.5. The second-order valence-electron chi connectivity index (χ2n) is 7.52. The van der Waals surface area contributed by atoms with Crippen molar-refractivity contribution in [2.45, 2.75) is 80.5 Å². The lowest BCUT2D eigenvalue weighted by atomic mass is 9.97. The van der Waals surface area contributed by atoms with Crippen LogP contribution in [-0.2, 0) is 18.9 Å². The first kappa shape index (κ1) is 26.5. The van der Waals surface area contributed by atoms with Crippen LogP contribution in [0.2, 0.25) is 0 Å². The predicted molar refractivity (Wildman–Crippen MR) is 101 cm³/mol. The van der Waals surface area contributed by atoms with Crippen molar-refractivity contribution in [3.05, 3.63) is 12.2 Å². The monoisotopic (exact) mass is 455 g/mol. The highest BCUT2D eigenvalue weighted by atomic mass is 16.7. The number of ether oxygens (including phenoxy) is 4. The molecule has 2 fully saturated rings. The number of aliphatic hydroxyl groups is 8. The van der Waals surface area contributed by atoms with Crippen LogP contribution >= 0.6 is 0 Å². The van der Waals surface area contributed by atoms with E-state index in [9.17, 15) is 40.9 Å². The van der Waals surface area contributed by atoms with Crippen LogP contribution in [-0.4, -0.2) is 134 Å². The number of hydrogen-bond acceptors (Lipinski definition) is 13. The molecule has 4 unspecified atom stereocenters. The van der Waals surface area contributed by atoms with E-state index >= 15 is 0 Å². The first-order valence-electron chi connectivity index (χ1n) is 9.92. The fourth-order valence-corrected chi connectivity index (χ4v) is 3.34. The Morgan fingerprint density at radius 1 is 0.871 bits per heavy atom. The van der Waals surface area contributed by atoms with Gasteiger partial charge in [-0.1, -0.05) is 12.2 Å². The van der Waals surface area contributed by atoms with Crippen molar-refractivity contribution in [2.24, 2.45) is 5.73 Å². The van der Waals surface area contributed by atoms with Gasteiger partial charge in [0.2, 0.25) is 0 Å². The van der Waals surface area contributed by atoms with E-state index in [0.29, 0.717) is 0 Å². The molecule has 0 aromatic rings. The highest BCUT2D eigenvalue weighted by molar-refractivity contribution is 4.95. The maximum Gasteiger partial charge on any atom is 0.187 e. The molecule has 31 heavy (non-hydrogen) atoms. The van der Waals surface area contributed by atoms with Gasteiger partial charge in [0.1, 0.15) is 48.8 Å². The van der Waals surface area contributed by atoms with E-state index in [2.05, 4.69) is 0 Å². The van der Waals surface area contributed by atoms with Gasteiger partial charge in [0.25, 0.3) is 0 Å². The maximum absolute atomic E-state index is 10.5. The molecule has 2 heterocycles. The Balaban J connectivity index is 2.03. The van der Waals surface area contributed by atoms with Crippen LogP contribution in [0.25, 0.3) is 0 Å². The van der Waals surface area contributed by atoms with Crippen LogP contribution in [0.15, 0.2) is 12.2 Å². The molecule has 13 heteroatoms. The molecule has 2 aliphatic rings. The van der Waals surface area contributed by atoms with Gasteiger partial charge in [-0.05, 0) is 6.92 Å². The molecule has 2 aliphatic heterocycles. The molecular formula is C18H33NO12. The van der Waals surface area contributed by atoms with Crippen molar-refractivity contribution in [1.82, 2.24) is 0 Å². The Morgan fingerprint density at radius 2 is 1.45 bits per heavy atom. The minimum absolute atomic E-state index is 0.240. The average molecular weight is 455 g/mol. The zero-order chi connectivity index (χ0) is 23.3. The standard InChI is InChI=1S/C18H33NO12/c1-2-3-8(22)7(19)6-28-17-15(27)13(25)16(10(5-21)30-17)31-18-14(26)12(24)11(23)9(4-20)29-18/h2-3,7-18,20-27H,4-6,19H2,1H3/b3-2+/t7-,8+,9?,10?,11-,12-,13+,14?,15?,16+,17+,18-/m0/s1. The summed E-state index contributed by atoms with van der Waals surface area (Å²) in [6.45, 7) is 0.0910. The summed E-state index contributed by atoms with van der Waals surface area (Å²) in [4.78, 5) is 0. The van der Waals surface area contributed by atoms with Gasteiger partial charge in [-0.25, -0.2) is 0 Å². The Hall–Kier alpha value is -0.780. The molecule has 2 rings (SSSR count). The van der Waals surface area contributed by atoms with Crippen LogP contribution in [0.3, 0.4) is 0 Å². The van der Waals surface area contributed by atoms with Gasteiger partial charge < -0.3 is 65.5 Å². The van der Waals surface area contributed by atoms with Crippen molar-refractivity contribution in [2.75, 3.05) is 19.8 Å². The fourth-order valence-electron chi connectivity index (χ4n) is 3.34. The minimum atomic E-state index is -1.75. The fraction of sp³-hybridized carbons (Fsp3) is 0.889. The number of rotatable bonds is 9. The first-order valence-corrected chi connectivity index (χ1v) is 9.92. The van der Waals surface area contributed by atoms with E-state index in [-0.39, 0.29) is 6.61 Å². The Morgan fingerprint density at radius 3 is 2.03 bits per heavy atom. The summed E-state index contributed by atoms with van der Waals surface area (Å²) in [6, 6.07) is -0.847. The van der Waals surface area contributed by atoms with E-state index < -0.39 is 86.8 Å². The van der Waals surface area contributed by atoms with Crippen molar-refractivity contribution in [3.63, 3.8) is 0 Å². The molecule has 0 amide bonds. The quantitative estimate of drug-likeness (QED) is 0.148. The second kappa shape index (κ2) is 11.9. The summed E-state index contributed by atoms with van der Waals surface area (Å²) in [7, 11) is 0. The van der Waals surface area contributed by atoms with Gasteiger partial charge in [-0.2, -0.15) is 0 Å². The smallest absolute Gasteiger partial charge is 0.187 e. The molecule has 0 aliphatic carbocycles. The summed E-state index contributed by atoms with van der Waals surface area (Å²) in [5.74, 6) is 0.